The first-order valence-corrected chi connectivity index (χ1v) is 5.38. The standard InChI is InChI=1S/C10H15F3N2O3/c1-6-7(16)14-9(2,3)8(17)15(6)4-5-18-10(11,12)13/h6H,4-5H2,1-3H3,(H,14,16). The van der Waals surface area contributed by atoms with Crippen LogP contribution >= 0.6 is 0 Å². The summed E-state index contributed by atoms with van der Waals surface area (Å²) >= 11 is 0. The Labute approximate surface area is 102 Å². The summed E-state index contributed by atoms with van der Waals surface area (Å²) in [6.07, 6.45) is -4.74. The monoisotopic (exact) mass is 268 g/mol. The van der Waals surface area contributed by atoms with Crippen molar-refractivity contribution in [2.45, 2.75) is 38.7 Å². The number of ether oxygens (including phenoxy) is 1. The van der Waals surface area contributed by atoms with Crippen molar-refractivity contribution < 1.29 is 27.5 Å². The lowest BCUT2D eigenvalue weighted by Gasteiger charge is -2.41. The highest BCUT2D eigenvalue weighted by Gasteiger charge is 2.43. The predicted molar refractivity (Wildman–Crippen MR) is 55.4 cm³/mol. The fourth-order valence-corrected chi connectivity index (χ4v) is 1.70. The molecule has 18 heavy (non-hydrogen) atoms. The number of nitrogens with zero attached hydrogens (tertiary/aromatic N) is 1. The Kier molecular flexibility index (Phi) is 3.89. The van der Waals surface area contributed by atoms with Gasteiger partial charge in [0, 0.05) is 6.54 Å². The molecule has 5 nitrogen and oxygen atoms in total. The molecule has 1 saturated heterocycles. The number of carbonyl (C=O) groups is 2. The highest BCUT2D eigenvalue weighted by Crippen LogP contribution is 2.19. The zero-order chi connectivity index (χ0) is 14.1. The largest absolute Gasteiger partial charge is 0.522 e. The number of amides is 2. The predicted octanol–water partition coefficient (Wildman–Crippen LogP) is 0.648. The fraction of sp³-hybridized carbons (Fsp3) is 0.800. The summed E-state index contributed by atoms with van der Waals surface area (Å²) in [6.45, 7) is 3.48. The molecule has 0 aliphatic carbocycles. The molecule has 1 N–H and O–H groups in total. The van der Waals surface area contributed by atoms with Crippen molar-refractivity contribution in [2.24, 2.45) is 0 Å². The molecule has 0 aromatic heterocycles. The first-order valence-electron chi connectivity index (χ1n) is 5.38. The minimum Gasteiger partial charge on any atom is -0.340 e. The van der Waals surface area contributed by atoms with Gasteiger partial charge >= 0.3 is 6.36 Å². The summed E-state index contributed by atoms with van der Waals surface area (Å²) in [5, 5.41) is 2.50. The molecule has 0 aromatic carbocycles. The third kappa shape index (κ3) is 3.34. The van der Waals surface area contributed by atoms with Gasteiger partial charge in [0.1, 0.15) is 11.6 Å². The van der Waals surface area contributed by atoms with Crippen LogP contribution in [0.4, 0.5) is 13.2 Å². The van der Waals surface area contributed by atoms with Gasteiger partial charge in [0.25, 0.3) is 0 Å². The van der Waals surface area contributed by atoms with Gasteiger partial charge in [0.2, 0.25) is 11.8 Å². The smallest absolute Gasteiger partial charge is 0.340 e. The Morgan fingerprint density at radius 2 is 1.94 bits per heavy atom. The Balaban J connectivity index is 2.67. The topological polar surface area (TPSA) is 58.6 Å². The second kappa shape index (κ2) is 4.75. The van der Waals surface area contributed by atoms with Gasteiger partial charge in [-0.15, -0.1) is 13.2 Å². The van der Waals surface area contributed by atoms with Gasteiger partial charge in [-0.2, -0.15) is 0 Å². The number of hydrogen-bond donors (Lipinski definition) is 1. The average Bonchev–Trinajstić information content (AvgIpc) is 2.18. The van der Waals surface area contributed by atoms with Gasteiger partial charge in [0.15, 0.2) is 0 Å². The molecule has 0 aromatic rings. The van der Waals surface area contributed by atoms with Gasteiger partial charge in [-0.1, -0.05) is 0 Å². The molecule has 0 bridgehead atoms. The Bertz CT molecular complexity index is 355. The van der Waals surface area contributed by atoms with E-state index in [-0.39, 0.29) is 6.54 Å². The van der Waals surface area contributed by atoms with Crippen LogP contribution in [-0.4, -0.2) is 47.8 Å². The lowest BCUT2D eigenvalue weighted by molar-refractivity contribution is -0.325. The number of carbonyl (C=O) groups excluding carboxylic acids is 2. The quantitative estimate of drug-likeness (QED) is 0.817. The van der Waals surface area contributed by atoms with Crippen LogP contribution in [0.15, 0.2) is 0 Å². The van der Waals surface area contributed by atoms with E-state index in [1.54, 1.807) is 0 Å². The third-order valence-electron chi connectivity index (χ3n) is 2.68. The van der Waals surface area contributed by atoms with Crippen molar-refractivity contribution in [1.82, 2.24) is 10.2 Å². The lowest BCUT2D eigenvalue weighted by atomic mass is 9.97. The molecule has 1 aliphatic heterocycles. The SMILES string of the molecule is CC1C(=O)NC(C)(C)C(=O)N1CCOC(F)(F)F. The van der Waals surface area contributed by atoms with E-state index in [0.29, 0.717) is 0 Å². The van der Waals surface area contributed by atoms with E-state index >= 15 is 0 Å². The van der Waals surface area contributed by atoms with Gasteiger partial charge in [-0.05, 0) is 20.8 Å². The number of nitrogens with one attached hydrogen (secondary N) is 1. The molecule has 1 unspecified atom stereocenters. The summed E-state index contributed by atoms with van der Waals surface area (Å²) in [6, 6.07) is -0.803. The van der Waals surface area contributed by atoms with E-state index in [2.05, 4.69) is 10.1 Å². The Hall–Kier alpha value is -1.31. The normalized spacial score (nSPS) is 24.1. The van der Waals surface area contributed by atoms with Crippen molar-refractivity contribution in [3.63, 3.8) is 0 Å². The summed E-state index contributed by atoms with van der Waals surface area (Å²) in [4.78, 5) is 24.6. The molecule has 0 radical (unpaired) electrons. The molecule has 104 valence electrons. The lowest BCUT2D eigenvalue weighted by Crippen LogP contribution is -2.67. The van der Waals surface area contributed by atoms with Gasteiger partial charge < -0.3 is 10.2 Å². The van der Waals surface area contributed by atoms with Crippen LogP contribution in [-0.2, 0) is 14.3 Å². The summed E-state index contributed by atoms with van der Waals surface area (Å²) in [5.74, 6) is -0.827. The van der Waals surface area contributed by atoms with Crippen LogP contribution in [0.2, 0.25) is 0 Å². The summed E-state index contributed by atoms with van der Waals surface area (Å²) in [7, 11) is 0. The van der Waals surface area contributed by atoms with Crippen molar-refractivity contribution in [2.75, 3.05) is 13.2 Å². The van der Waals surface area contributed by atoms with Crippen LogP contribution in [0, 0.1) is 0 Å². The number of piperazine rings is 1. The summed E-state index contributed by atoms with van der Waals surface area (Å²) in [5.41, 5.74) is -1.11. The fourth-order valence-electron chi connectivity index (χ4n) is 1.70. The molecule has 1 heterocycles. The zero-order valence-electron chi connectivity index (χ0n) is 10.3. The van der Waals surface area contributed by atoms with E-state index in [1.165, 1.54) is 20.8 Å². The molecule has 8 heteroatoms. The molecule has 0 spiro atoms. The van der Waals surface area contributed by atoms with Crippen molar-refractivity contribution >= 4 is 11.8 Å². The molecule has 1 fully saturated rings. The third-order valence-corrected chi connectivity index (χ3v) is 2.68. The molecule has 1 aliphatic rings. The summed E-state index contributed by atoms with van der Waals surface area (Å²) < 4.78 is 39.1. The molecule has 0 saturated carbocycles. The first-order chi connectivity index (χ1) is 8.04. The highest BCUT2D eigenvalue weighted by atomic mass is 19.4. The second-order valence-corrected chi connectivity index (χ2v) is 4.58. The van der Waals surface area contributed by atoms with E-state index in [0.717, 1.165) is 4.90 Å². The minimum atomic E-state index is -4.74. The Morgan fingerprint density at radius 1 is 1.39 bits per heavy atom. The van der Waals surface area contributed by atoms with E-state index in [9.17, 15) is 22.8 Å². The first kappa shape index (κ1) is 14.7. The number of hydrogen-bond acceptors (Lipinski definition) is 3. The second-order valence-electron chi connectivity index (χ2n) is 4.58. The van der Waals surface area contributed by atoms with Crippen LogP contribution in [0.1, 0.15) is 20.8 Å². The van der Waals surface area contributed by atoms with E-state index in [1.807, 2.05) is 0 Å². The maximum Gasteiger partial charge on any atom is 0.522 e. The van der Waals surface area contributed by atoms with Gasteiger partial charge in [-0.25, -0.2) is 0 Å². The number of alkyl halides is 3. The van der Waals surface area contributed by atoms with Crippen LogP contribution in [0.3, 0.4) is 0 Å². The maximum absolute atomic E-state index is 11.9. The van der Waals surface area contributed by atoms with E-state index in [4.69, 9.17) is 0 Å². The van der Waals surface area contributed by atoms with Crippen molar-refractivity contribution in [3.05, 3.63) is 0 Å². The molecule has 2 amide bonds. The molecular weight excluding hydrogens is 253 g/mol. The number of halogens is 3. The maximum atomic E-state index is 11.9. The molecular formula is C10H15F3N2O3. The zero-order valence-corrected chi connectivity index (χ0v) is 10.3. The van der Waals surface area contributed by atoms with Gasteiger partial charge in [-0.3, -0.25) is 14.3 Å². The number of rotatable bonds is 3. The van der Waals surface area contributed by atoms with Crippen LogP contribution < -0.4 is 5.32 Å². The Morgan fingerprint density at radius 3 is 2.44 bits per heavy atom. The van der Waals surface area contributed by atoms with Crippen molar-refractivity contribution in [1.29, 1.82) is 0 Å². The molecule has 1 atom stereocenters. The minimum absolute atomic E-state index is 0.281. The highest BCUT2D eigenvalue weighted by molar-refractivity contribution is 5.99. The van der Waals surface area contributed by atoms with Crippen molar-refractivity contribution in [3.8, 4) is 0 Å². The van der Waals surface area contributed by atoms with Crippen LogP contribution in [0.25, 0.3) is 0 Å². The van der Waals surface area contributed by atoms with Gasteiger partial charge in [0.05, 0.1) is 6.61 Å². The molecule has 1 rings (SSSR count). The average molecular weight is 268 g/mol. The van der Waals surface area contributed by atoms with E-state index < -0.39 is 36.4 Å². The van der Waals surface area contributed by atoms with Crippen LogP contribution in [0.5, 0.6) is 0 Å².